The minimum Gasteiger partial charge on any atom is -0.497 e. The van der Waals surface area contributed by atoms with E-state index in [1.54, 1.807) is 38.5 Å². The lowest BCUT2D eigenvalue weighted by atomic mass is 10.1. The molecule has 8 nitrogen and oxygen atoms in total. The second-order valence-electron chi connectivity index (χ2n) is 7.06. The van der Waals surface area contributed by atoms with Gasteiger partial charge in [-0.1, -0.05) is 0 Å². The van der Waals surface area contributed by atoms with E-state index in [0.29, 0.717) is 31.9 Å². The van der Waals surface area contributed by atoms with E-state index in [9.17, 15) is 8.42 Å². The van der Waals surface area contributed by atoms with Crippen LogP contribution in [0, 0.1) is 0 Å². The molecule has 0 N–H and O–H groups in total. The second kappa shape index (κ2) is 8.91. The topological polar surface area (TPSA) is 84.9 Å². The van der Waals surface area contributed by atoms with Gasteiger partial charge in [0, 0.05) is 37.8 Å². The summed E-state index contributed by atoms with van der Waals surface area (Å²) < 4.78 is 37.7. The van der Waals surface area contributed by atoms with Crippen molar-refractivity contribution in [2.45, 2.75) is 4.90 Å². The molecule has 1 aliphatic heterocycles. The Morgan fingerprint density at radius 1 is 0.806 bits per heavy atom. The Balaban J connectivity index is 1.46. The molecule has 2 aromatic carbocycles. The van der Waals surface area contributed by atoms with Crippen LogP contribution in [0.5, 0.6) is 11.5 Å². The normalized spacial score (nSPS) is 15.0. The van der Waals surface area contributed by atoms with Crippen molar-refractivity contribution in [1.29, 1.82) is 0 Å². The van der Waals surface area contributed by atoms with Gasteiger partial charge >= 0.3 is 0 Å². The molecule has 0 atom stereocenters. The fraction of sp³-hybridized carbons (Fsp3) is 0.273. The Bertz CT molecular complexity index is 1130. The molecule has 0 spiro atoms. The number of aromatic nitrogens is 2. The number of rotatable bonds is 6. The minimum atomic E-state index is -3.54. The summed E-state index contributed by atoms with van der Waals surface area (Å²) in [6, 6.07) is 16.1. The fourth-order valence-corrected chi connectivity index (χ4v) is 4.92. The van der Waals surface area contributed by atoms with Crippen molar-refractivity contribution in [3.63, 3.8) is 0 Å². The lowest BCUT2D eigenvalue weighted by Crippen LogP contribution is -2.48. The molecule has 0 unspecified atom stereocenters. The Morgan fingerprint density at radius 3 is 1.97 bits per heavy atom. The molecule has 0 radical (unpaired) electrons. The van der Waals surface area contributed by atoms with Crippen LogP contribution in [0.1, 0.15) is 0 Å². The van der Waals surface area contributed by atoms with Gasteiger partial charge < -0.3 is 14.4 Å². The first-order chi connectivity index (χ1) is 15.0. The van der Waals surface area contributed by atoms with Crippen molar-refractivity contribution in [2.24, 2.45) is 0 Å². The molecule has 0 bridgehead atoms. The molecule has 0 aliphatic carbocycles. The van der Waals surface area contributed by atoms with Crippen LogP contribution in [0.4, 0.5) is 5.82 Å². The highest BCUT2D eigenvalue weighted by Crippen LogP contribution is 2.25. The largest absolute Gasteiger partial charge is 0.497 e. The smallest absolute Gasteiger partial charge is 0.243 e. The maximum absolute atomic E-state index is 13.0. The summed E-state index contributed by atoms with van der Waals surface area (Å²) in [7, 11) is -0.361. The molecule has 3 aromatic rings. The molecule has 1 aromatic heterocycles. The summed E-state index contributed by atoms with van der Waals surface area (Å²) in [5.74, 6) is 2.19. The maximum atomic E-state index is 13.0. The molecule has 1 saturated heterocycles. The zero-order chi connectivity index (χ0) is 21.8. The van der Waals surface area contributed by atoms with Gasteiger partial charge in [-0.15, -0.1) is 0 Å². The molecular weight excluding hydrogens is 416 g/mol. The van der Waals surface area contributed by atoms with E-state index in [4.69, 9.17) is 9.47 Å². The van der Waals surface area contributed by atoms with Crippen LogP contribution in [-0.2, 0) is 10.0 Å². The quantitative estimate of drug-likeness (QED) is 0.583. The van der Waals surface area contributed by atoms with Crippen LogP contribution in [0.3, 0.4) is 0 Å². The second-order valence-corrected chi connectivity index (χ2v) is 8.99. The van der Waals surface area contributed by atoms with Crippen LogP contribution in [0.25, 0.3) is 11.3 Å². The molecule has 0 saturated carbocycles. The number of benzene rings is 2. The summed E-state index contributed by atoms with van der Waals surface area (Å²) in [5, 5.41) is 0. The van der Waals surface area contributed by atoms with E-state index in [0.717, 1.165) is 22.8 Å². The first-order valence-electron chi connectivity index (χ1n) is 9.87. The van der Waals surface area contributed by atoms with Gasteiger partial charge in [0.25, 0.3) is 0 Å². The molecular formula is C22H24N4O4S. The summed E-state index contributed by atoms with van der Waals surface area (Å²) in [6.45, 7) is 1.87. The van der Waals surface area contributed by atoms with Gasteiger partial charge in [-0.2, -0.15) is 4.31 Å². The van der Waals surface area contributed by atoms with Gasteiger partial charge in [0.2, 0.25) is 10.0 Å². The van der Waals surface area contributed by atoms with Gasteiger partial charge in [0.15, 0.2) is 0 Å². The van der Waals surface area contributed by atoms with E-state index in [1.807, 2.05) is 30.3 Å². The predicted molar refractivity (Wildman–Crippen MR) is 118 cm³/mol. The maximum Gasteiger partial charge on any atom is 0.243 e. The third-order valence-electron chi connectivity index (χ3n) is 5.30. The van der Waals surface area contributed by atoms with Crippen LogP contribution in [-0.4, -0.2) is 63.1 Å². The standard InChI is InChI=1S/C22H24N4O4S/c1-29-18-5-3-17(4-6-18)21-15-22(24-16-23-21)25-11-13-26(14-12-25)31(27,28)20-9-7-19(30-2)8-10-20/h3-10,15-16H,11-14H2,1-2H3. The number of piperazine rings is 1. The molecule has 162 valence electrons. The number of nitrogens with zero attached hydrogens (tertiary/aromatic N) is 4. The highest BCUT2D eigenvalue weighted by Gasteiger charge is 2.29. The Kier molecular flexibility index (Phi) is 6.06. The van der Waals surface area contributed by atoms with Gasteiger partial charge in [-0.3, -0.25) is 0 Å². The van der Waals surface area contributed by atoms with E-state index >= 15 is 0 Å². The van der Waals surface area contributed by atoms with Gasteiger partial charge in [-0.25, -0.2) is 18.4 Å². The number of sulfonamides is 1. The van der Waals surface area contributed by atoms with E-state index in [2.05, 4.69) is 14.9 Å². The van der Waals surface area contributed by atoms with Crippen molar-refractivity contribution in [2.75, 3.05) is 45.3 Å². The Hall–Kier alpha value is -3.17. The number of hydrogen-bond acceptors (Lipinski definition) is 7. The minimum absolute atomic E-state index is 0.269. The highest BCUT2D eigenvalue weighted by atomic mass is 32.2. The van der Waals surface area contributed by atoms with Crippen LogP contribution in [0.15, 0.2) is 65.8 Å². The SMILES string of the molecule is COc1ccc(-c2cc(N3CCN(S(=O)(=O)c4ccc(OC)cc4)CC3)ncn2)cc1. The van der Waals surface area contributed by atoms with Crippen molar-refractivity contribution in [3.05, 3.63) is 60.9 Å². The third kappa shape index (κ3) is 4.47. The molecule has 1 aliphatic rings. The molecule has 9 heteroatoms. The summed E-state index contributed by atoms with van der Waals surface area (Å²) in [4.78, 5) is 11.1. The third-order valence-corrected chi connectivity index (χ3v) is 7.21. The molecule has 31 heavy (non-hydrogen) atoms. The van der Waals surface area contributed by atoms with Gasteiger partial charge in [0.05, 0.1) is 24.8 Å². The van der Waals surface area contributed by atoms with Crippen LogP contribution in [0.2, 0.25) is 0 Å². The van der Waals surface area contributed by atoms with Crippen molar-refractivity contribution in [3.8, 4) is 22.8 Å². The van der Waals surface area contributed by atoms with E-state index in [1.165, 1.54) is 10.6 Å². The molecule has 0 amide bonds. The highest BCUT2D eigenvalue weighted by molar-refractivity contribution is 7.89. The van der Waals surface area contributed by atoms with Gasteiger partial charge in [0.1, 0.15) is 23.6 Å². The van der Waals surface area contributed by atoms with E-state index < -0.39 is 10.0 Å². The zero-order valence-corrected chi connectivity index (χ0v) is 18.2. The van der Waals surface area contributed by atoms with Gasteiger partial charge in [-0.05, 0) is 48.5 Å². The van der Waals surface area contributed by atoms with Crippen LogP contribution >= 0.6 is 0 Å². The molecule has 2 heterocycles. The summed E-state index contributed by atoms with van der Waals surface area (Å²) in [6.07, 6.45) is 1.54. The molecule has 1 fully saturated rings. The monoisotopic (exact) mass is 440 g/mol. The predicted octanol–water partition coefficient (Wildman–Crippen LogP) is 2.67. The van der Waals surface area contributed by atoms with Crippen molar-refractivity contribution in [1.82, 2.24) is 14.3 Å². The van der Waals surface area contributed by atoms with Crippen molar-refractivity contribution >= 4 is 15.8 Å². The average Bonchev–Trinajstić information content (AvgIpc) is 2.84. The lowest BCUT2D eigenvalue weighted by molar-refractivity contribution is 0.383. The van der Waals surface area contributed by atoms with Crippen LogP contribution < -0.4 is 14.4 Å². The fourth-order valence-electron chi connectivity index (χ4n) is 3.49. The average molecular weight is 441 g/mol. The first kappa shape index (κ1) is 21.1. The Labute approximate surface area is 182 Å². The Morgan fingerprint density at radius 2 is 1.39 bits per heavy atom. The molecule has 4 rings (SSSR count). The summed E-state index contributed by atoms with van der Waals surface area (Å²) in [5.41, 5.74) is 1.77. The number of anilines is 1. The number of hydrogen-bond donors (Lipinski definition) is 0. The van der Waals surface area contributed by atoms with E-state index in [-0.39, 0.29) is 4.90 Å². The lowest BCUT2D eigenvalue weighted by Gasteiger charge is -2.34. The number of methoxy groups -OCH3 is 2. The first-order valence-corrected chi connectivity index (χ1v) is 11.3. The number of ether oxygens (including phenoxy) is 2. The zero-order valence-electron chi connectivity index (χ0n) is 17.4. The van der Waals surface area contributed by atoms with Crippen molar-refractivity contribution < 1.29 is 17.9 Å². The summed E-state index contributed by atoms with van der Waals surface area (Å²) >= 11 is 0.